The lowest BCUT2D eigenvalue weighted by atomic mass is 9.95. The monoisotopic (exact) mass is 614 g/mol. The summed E-state index contributed by atoms with van der Waals surface area (Å²) in [5.41, 5.74) is 1.82. The SMILES string of the molecule is CCOC(=O)COc1ccc2ccccc2c1/C=c1/sc2n(c1=O)[C@@H](c1ccc(OCC)cc1)C(C(=O)OC(C)C)=C(C)N=2. The Morgan fingerprint density at radius 2 is 1.75 bits per heavy atom. The van der Waals surface area contributed by atoms with Gasteiger partial charge in [0.25, 0.3) is 5.56 Å². The molecule has 10 heteroatoms. The topological polar surface area (TPSA) is 105 Å². The van der Waals surface area contributed by atoms with Crippen LogP contribution in [-0.2, 0) is 19.1 Å². The molecular weight excluding hydrogens is 580 g/mol. The summed E-state index contributed by atoms with van der Waals surface area (Å²) in [5.74, 6) is 0.0979. The van der Waals surface area contributed by atoms with Gasteiger partial charge in [-0.3, -0.25) is 9.36 Å². The number of carbonyl (C=O) groups is 2. The van der Waals surface area contributed by atoms with E-state index in [1.807, 2.05) is 61.5 Å². The Morgan fingerprint density at radius 3 is 2.45 bits per heavy atom. The lowest BCUT2D eigenvalue weighted by Gasteiger charge is -2.25. The largest absolute Gasteiger partial charge is 0.494 e. The second-order valence-electron chi connectivity index (χ2n) is 10.3. The van der Waals surface area contributed by atoms with Gasteiger partial charge in [-0.05, 0) is 75.2 Å². The second-order valence-corrected chi connectivity index (χ2v) is 11.3. The number of rotatable bonds is 10. The summed E-state index contributed by atoms with van der Waals surface area (Å²) < 4.78 is 24.1. The molecule has 5 rings (SSSR count). The van der Waals surface area contributed by atoms with E-state index in [9.17, 15) is 14.4 Å². The minimum atomic E-state index is -0.762. The normalized spacial score (nSPS) is 14.8. The fourth-order valence-electron chi connectivity index (χ4n) is 5.11. The van der Waals surface area contributed by atoms with Gasteiger partial charge in [-0.1, -0.05) is 53.8 Å². The van der Waals surface area contributed by atoms with Crippen LogP contribution in [0.2, 0.25) is 0 Å². The number of allylic oxidation sites excluding steroid dienone is 1. The van der Waals surface area contributed by atoms with Crippen molar-refractivity contribution in [3.05, 3.63) is 103 Å². The van der Waals surface area contributed by atoms with Crippen molar-refractivity contribution in [1.82, 2.24) is 4.57 Å². The zero-order valence-electron chi connectivity index (χ0n) is 25.3. The molecule has 1 atom stereocenters. The average molecular weight is 615 g/mol. The van der Waals surface area contributed by atoms with E-state index in [-0.39, 0.29) is 24.9 Å². The van der Waals surface area contributed by atoms with E-state index in [1.54, 1.807) is 44.4 Å². The van der Waals surface area contributed by atoms with Gasteiger partial charge in [-0.15, -0.1) is 0 Å². The highest BCUT2D eigenvalue weighted by atomic mass is 32.1. The van der Waals surface area contributed by atoms with Gasteiger partial charge in [0.15, 0.2) is 11.4 Å². The lowest BCUT2D eigenvalue weighted by Crippen LogP contribution is -2.40. The molecule has 0 N–H and O–H groups in total. The van der Waals surface area contributed by atoms with Crippen LogP contribution in [0.3, 0.4) is 0 Å². The van der Waals surface area contributed by atoms with Crippen LogP contribution in [0.25, 0.3) is 16.8 Å². The van der Waals surface area contributed by atoms with E-state index < -0.39 is 18.0 Å². The first kappa shape index (κ1) is 30.7. The summed E-state index contributed by atoms with van der Waals surface area (Å²) in [5, 5.41) is 1.79. The second kappa shape index (κ2) is 13.3. The first-order valence-corrected chi connectivity index (χ1v) is 15.3. The fourth-order valence-corrected chi connectivity index (χ4v) is 6.14. The van der Waals surface area contributed by atoms with E-state index in [1.165, 1.54) is 11.3 Å². The Labute approximate surface area is 258 Å². The molecule has 0 unspecified atom stereocenters. The Morgan fingerprint density at radius 1 is 1.00 bits per heavy atom. The Kier molecular flexibility index (Phi) is 9.29. The molecule has 0 amide bonds. The molecule has 0 radical (unpaired) electrons. The van der Waals surface area contributed by atoms with Crippen LogP contribution >= 0.6 is 11.3 Å². The summed E-state index contributed by atoms with van der Waals surface area (Å²) in [4.78, 5) is 44.9. The highest BCUT2D eigenvalue weighted by molar-refractivity contribution is 7.07. The van der Waals surface area contributed by atoms with Gasteiger partial charge < -0.3 is 18.9 Å². The molecule has 44 heavy (non-hydrogen) atoms. The standard InChI is InChI=1S/C34H34N2O7S/c1-6-40-24-15-12-23(13-16-24)31-30(33(39)43-20(3)4)21(5)35-34-36(31)32(38)28(44-34)18-26-25-11-9-8-10-22(25)14-17-27(26)42-19-29(37)41-7-2/h8-18,20,31H,6-7,19H2,1-5H3/b28-18+/t31-/m0/s1. The number of nitrogens with zero attached hydrogens (tertiary/aromatic N) is 2. The molecule has 1 aliphatic heterocycles. The van der Waals surface area contributed by atoms with Gasteiger partial charge in [-0.25, -0.2) is 14.6 Å². The number of fused-ring (bicyclic) bond motifs is 2. The van der Waals surface area contributed by atoms with Crippen molar-refractivity contribution in [2.45, 2.75) is 46.8 Å². The van der Waals surface area contributed by atoms with Crippen LogP contribution in [0.15, 0.2) is 81.7 Å². The summed E-state index contributed by atoms with van der Waals surface area (Å²) in [6.45, 7) is 9.43. The number of hydrogen-bond acceptors (Lipinski definition) is 9. The van der Waals surface area contributed by atoms with Crippen molar-refractivity contribution in [2.75, 3.05) is 19.8 Å². The molecule has 0 fully saturated rings. The molecule has 0 aliphatic carbocycles. The fraction of sp³-hybridized carbons (Fsp3) is 0.294. The molecule has 3 aromatic carbocycles. The van der Waals surface area contributed by atoms with Gasteiger partial charge in [0.2, 0.25) is 0 Å². The van der Waals surface area contributed by atoms with Crippen LogP contribution in [0.4, 0.5) is 0 Å². The van der Waals surface area contributed by atoms with Crippen molar-refractivity contribution in [3.8, 4) is 11.5 Å². The van der Waals surface area contributed by atoms with E-state index in [0.29, 0.717) is 44.3 Å². The number of benzene rings is 3. The first-order valence-electron chi connectivity index (χ1n) is 14.5. The maximum absolute atomic E-state index is 14.2. The van der Waals surface area contributed by atoms with Gasteiger partial charge in [-0.2, -0.15) is 0 Å². The lowest BCUT2D eigenvalue weighted by molar-refractivity contribution is -0.145. The Hall–Kier alpha value is -4.70. The Balaban J connectivity index is 1.69. The third-order valence-corrected chi connectivity index (χ3v) is 7.93. The molecule has 0 saturated heterocycles. The van der Waals surface area contributed by atoms with Crippen LogP contribution in [0.1, 0.15) is 51.8 Å². The molecule has 0 spiro atoms. The van der Waals surface area contributed by atoms with Gasteiger partial charge in [0, 0.05) is 5.56 Å². The third-order valence-electron chi connectivity index (χ3n) is 6.95. The predicted octanol–water partition coefficient (Wildman–Crippen LogP) is 4.68. The van der Waals surface area contributed by atoms with E-state index >= 15 is 0 Å². The summed E-state index contributed by atoms with van der Waals surface area (Å²) >= 11 is 1.22. The highest BCUT2D eigenvalue weighted by Crippen LogP contribution is 2.32. The number of thiazole rings is 1. The molecule has 2 heterocycles. The number of esters is 2. The molecular formula is C34H34N2O7S. The van der Waals surface area contributed by atoms with Gasteiger partial charge in [0.1, 0.15) is 11.5 Å². The van der Waals surface area contributed by atoms with E-state index in [0.717, 1.165) is 16.3 Å². The minimum absolute atomic E-state index is 0.246. The third kappa shape index (κ3) is 6.30. The smallest absolute Gasteiger partial charge is 0.344 e. The Bertz CT molecular complexity index is 1920. The van der Waals surface area contributed by atoms with E-state index in [4.69, 9.17) is 18.9 Å². The highest BCUT2D eigenvalue weighted by Gasteiger charge is 2.34. The van der Waals surface area contributed by atoms with Crippen molar-refractivity contribution in [3.63, 3.8) is 0 Å². The summed E-state index contributed by atoms with van der Waals surface area (Å²) in [6.07, 6.45) is 1.40. The molecule has 9 nitrogen and oxygen atoms in total. The molecule has 228 valence electrons. The van der Waals surface area contributed by atoms with Crippen LogP contribution in [-0.4, -0.2) is 42.4 Å². The molecule has 0 saturated carbocycles. The summed E-state index contributed by atoms with van der Waals surface area (Å²) in [6, 6.07) is 18.0. The van der Waals surface area contributed by atoms with Crippen molar-refractivity contribution < 1.29 is 28.5 Å². The zero-order valence-corrected chi connectivity index (χ0v) is 26.1. The van der Waals surface area contributed by atoms with Crippen LogP contribution < -0.4 is 24.4 Å². The zero-order chi connectivity index (χ0) is 31.4. The molecule has 0 bridgehead atoms. The van der Waals surface area contributed by atoms with Crippen molar-refractivity contribution in [1.29, 1.82) is 0 Å². The maximum atomic E-state index is 14.2. The maximum Gasteiger partial charge on any atom is 0.344 e. The van der Waals surface area contributed by atoms with Gasteiger partial charge in [0.05, 0.1) is 41.2 Å². The minimum Gasteiger partial charge on any atom is -0.494 e. The molecule has 1 aliphatic rings. The number of ether oxygens (including phenoxy) is 4. The van der Waals surface area contributed by atoms with Gasteiger partial charge >= 0.3 is 11.9 Å². The molecule has 1 aromatic heterocycles. The predicted molar refractivity (Wildman–Crippen MR) is 169 cm³/mol. The van der Waals surface area contributed by atoms with E-state index in [2.05, 4.69) is 4.99 Å². The van der Waals surface area contributed by atoms with Crippen LogP contribution in [0, 0.1) is 0 Å². The van der Waals surface area contributed by atoms with Crippen LogP contribution in [0.5, 0.6) is 11.5 Å². The molecule has 4 aromatic rings. The van der Waals surface area contributed by atoms with Crippen molar-refractivity contribution in [2.24, 2.45) is 4.99 Å². The summed E-state index contributed by atoms with van der Waals surface area (Å²) in [7, 11) is 0. The number of hydrogen-bond donors (Lipinski definition) is 0. The number of aromatic nitrogens is 1. The van der Waals surface area contributed by atoms with Crippen molar-refractivity contribution >= 4 is 40.1 Å². The average Bonchev–Trinajstić information content (AvgIpc) is 3.30. The first-order chi connectivity index (χ1) is 21.2. The number of carbonyl (C=O) groups excluding carboxylic acids is 2. The quantitative estimate of drug-likeness (QED) is 0.239.